The van der Waals surface area contributed by atoms with Crippen LogP contribution in [0.25, 0.3) is 0 Å². The molecule has 0 radical (unpaired) electrons. The second kappa shape index (κ2) is 9.45. The summed E-state index contributed by atoms with van der Waals surface area (Å²) in [5, 5.41) is 9.35. The number of unbranched alkanes of at least 4 members (excludes halogenated alkanes) is 1. The van der Waals surface area contributed by atoms with Gasteiger partial charge in [0.2, 0.25) is 0 Å². The van der Waals surface area contributed by atoms with Crippen LogP contribution in [0, 0.1) is 0 Å². The van der Waals surface area contributed by atoms with E-state index < -0.39 is 0 Å². The molecule has 2 aromatic carbocycles. The molecule has 0 amide bonds. The standard InChI is InChI=1S/C22H29NO2S/c1-23(2)12-14-26-22-19-9-4-3-8-18(19)16-25-21-11-10-17(15-20(21)22)7-5-6-13-24/h3-4,8-11,15,22,24H,5-7,12-14,16H2,1-2H3. The van der Waals surface area contributed by atoms with Gasteiger partial charge in [-0.3, -0.25) is 0 Å². The normalized spacial score (nSPS) is 15.9. The zero-order valence-corrected chi connectivity index (χ0v) is 16.6. The van der Waals surface area contributed by atoms with E-state index in [1.807, 2.05) is 11.8 Å². The summed E-state index contributed by atoms with van der Waals surface area (Å²) in [6, 6.07) is 15.3. The van der Waals surface area contributed by atoms with E-state index in [2.05, 4.69) is 61.5 Å². The topological polar surface area (TPSA) is 32.7 Å². The number of hydrogen-bond donors (Lipinski definition) is 1. The van der Waals surface area contributed by atoms with Gasteiger partial charge in [-0.1, -0.05) is 36.4 Å². The van der Waals surface area contributed by atoms with Crippen LogP contribution in [0.2, 0.25) is 0 Å². The lowest BCUT2D eigenvalue weighted by molar-refractivity contribution is 0.284. The van der Waals surface area contributed by atoms with E-state index in [9.17, 15) is 0 Å². The van der Waals surface area contributed by atoms with Crippen LogP contribution >= 0.6 is 11.8 Å². The van der Waals surface area contributed by atoms with E-state index in [-0.39, 0.29) is 6.61 Å². The number of nitrogens with zero attached hydrogens (tertiary/aromatic N) is 1. The van der Waals surface area contributed by atoms with Crippen LogP contribution < -0.4 is 4.74 Å². The number of thioether (sulfide) groups is 1. The highest BCUT2D eigenvalue weighted by Crippen LogP contribution is 2.44. The molecule has 3 nitrogen and oxygen atoms in total. The number of ether oxygens (including phenoxy) is 1. The first-order valence-electron chi connectivity index (χ1n) is 9.39. The zero-order chi connectivity index (χ0) is 18.4. The Morgan fingerprint density at radius 3 is 2.77 bits per heavy atom. The van der Waals surface area contributed by atoms with Crippen molar-refractivity contribution in [3.05, 3.63) is 64.7 Å². The Labute approximate surface area is 161 Å². The number of aliphatic hydroxyl groups excluding tert-OH is 1. The quantitative estimate of drug-likeness (QED) is 0.702. The molecule has 0 aromatic heterocycles. The van der Waals surface area contributed by atoms with Gasteiger partial charge in [-0.25, -0.2) is 0 Å². The molecule has 140 valence electrons. The Hall–Kier alpha value is -1.49. The van der Waals surface area contributed by atoms with E-state index in [1.54, 1.807) is 0 Å². The number of aliphatic hydroxyl groups is 1. The monoisotopic (exact) mass is 371 g/mol. The average Bonchev–Trinajstić information content (AvgIpc) is 2.79. The van der Waals surface area contributed by atoms with Crippen LogP contribution in [0.5, 0.6) is 5.75 Å². The summed E-state index contributed by atoms with van der Waals surface area (Å²) in [6.45, 7) is 1.97. The lowest BCUT2D eigenvalue weighted by Crippen LogP contribution is -2.15. The fourth-order valence-corrected chi connectivity index (χ4v) is 4.79. The van der Waals surface area contributed by atoms with Crippen molar-refractivity contribution in [3.63, 3.8) is 0 Å². The zero-order valence-electron chi connectivity index (χ0n) is 15.8. The van der Waals surface area contributed by atoms with Gasteiger partial charge in [-0.05, 0) is 56.1 Å². The minimum absolute atomic E-state index is 0.268. The Balaban J connectivity index is 1.90. The molecular weight excluding hydrogens is 342 g/mol. The molecule has 1 atom stereocenters. The van der Waals surface area contributed by atoms with Gasteiger partial charge >= 0.3 is 0 Å². The largest absolute Gasteiger partial charge is 0.489 e. The molecule has 1 unspecified atom stereocenters. The Morgan fingerprint density at radius 1 is 1.12 bits per heavy atom. The molecule has 4 heteroatoms. The highest BCUT2D eigenvalue weighted by Gasteiger charge is 2.25. The van der Waals surface area contributed by atoms with E-state index in [0.717, 1.165) is 37.3 Å². The fraction of sp³-hybridized carbons (Fsp3) is 0.455. The molecule has 1 heterocycles. The minimum atomic E-state index is 0.268. The van der Waals surface area contributed by atoms with Crippen LogP contribution in [0.3, 0.4) is 0 Å². The van der Waals surface area contributed by atoms with Crippen LogP contribution in [-0.4, -0.2) is 43.0 Å². The molecular formula is C22H29NO2S. The molecule has 0 saturated carbocycles. The van der Waals surface area contributed by atoms with Gasteiger partial charge in [0.1, 0.15) is 12.4 Å². The molecule has 1 aliphatic heterocycles. The third-order valence-electron chi connectivity index (χ3n) is 4.77. The van der Waals surface area contributed by atoms with Crippen LogP contribution in [0.4, 0.5) is 0 Å². The van der Waals surface area contributed by atoms with Gasteiger partial charge in [0.25, 0.3) is 0 Å². The van der Waals surface area contributed by atoms with Crippen LogP contribution in [0.15, 0.2) is 42.5 Å². The predicted molar refractivity (Wildman–Crippen MR) is 110 cm³/mol. The van der Waals surface area contributed by atoms with E-state index >= 15 is 0 Å². The molecule has 0 bridgehead atoms. The second-order valence-corrected chi connectivity index (χ2v) is 8.31. The van der Waals surface area contributed by atoms with Gasteiger partial charge in [0, 0.05) is 24.5 Å². The van der Waals surface area contributed by atoms with Gasteiger partial charge < -0.3 is 14.7 Å². The summed E-state index contributed by atoms with van der Waals surface area (Å²) in [5.41, 5.74) is 5.29. The van der Waals surface area contributed by atoms with E-state index in [1.165, 1.54) is 22.3 Å². The highest BCUT2D eigenvalue weighted by atomic mass is 32.2. The molecule has 1 aliphatic rings. The van der Waals surface area contributed by atoms with Crippen molar-refractivity contribution >= 4 is 11.8 Å². The summed E-state index contributed by atoms with van der Waals surface area (Å²) in [7, 11) is 4.25. The number of rotatable bonds is 8. The van der Waals surface area contributed by atoms with Crippen molar-refractivity contribution in [1.82, 2.24) is 4.90 Å². The Morgan fingerprint density at radius 2 is 1.96 bits per heavy atom. The molecule has 0 spiro atoms. The number of benzene rings is 2. The van der Waals surface area contributed by atoms with Crippen molar-refractivity contribution in [2.75, 3.05) is 33.0 Å². The summed E-state index contributed by atoms with van der Waals surface area (Å²) in [5.74, 6) is 2.09. The summed E-state index contributed by atoms with van der Waals surface area (Å²) >= 11 is 2.00. The average molecular weight is 372 g/mol. The fourth-order valence-electron chi connectivity index (χ4n) is 3.31. The third kappa shape index (κ3) is 4.81. The third-order valence-corrected chi connectivity index (χ3v) is 6.03. The molecule has 0 aliphatic carbocycles. The van der Waals surface area contributed by atoms with Crippen LogP contribution in [0.1, 0.15) is 40.3 Å². The minimum Gasteiger partial charge on any atom is -0.489 e. The maximum absolute atomic E-state index is 9.04. The predicted octanol–water partition coefficient (Wildman–Crippen LogP) is 4.28. The maximum Gasteiger partial charge on any atom is 0.124 e. The van der Waals surface area contributed by atoms with E-state index in [4.69, 9.17) is 9.84 Å². The Bertz CT molecular complexity index is 717. The first kappa shape index (κ1) is 19.3. The SMILES string of the molecule is CN(C)CCSC1c2ccccc2COc2ccc(CCCCO)cc21. The number of aryl methyl sites for hydroxylation is 1. The van der Waals surface area contributed by atoms with Gasteiger partial charge in [0.05, 0.1) is 5.25 Å². The molecule has 2 aromatic rings. The van der Waals surface area contributed by atoms with Gasteiger partial charge in [-0.15, -0.1) is 11.8 Å². The highest BCUT2D eigenvalue weighted by molar-refractivity contribution is 7.99. The number of hydrogen-bond acceptors (Lipinski definition) is 4. The summed E-state index contributed by atoms with van der Waals surface area (Å²) in [6.07, 6.45) is 2.88. The first-order chi connectivity index (χ1) is 12.7. The second-order valence-electron chi connectivity index (χ2n) is 7.09. The maximum atomic E-state index is 9.04. The summed E-state index contributed by atoms with van der Waals surface area (Å²) < 4.78 is 6.15. The first-order valence-corrected chi connectivity index (χ1v) is 10.4. The van der Waals surface area contributed by atoms with Gasteiger partial charge in [0.15, 0.2) is 0 Å². The van der Waals surface area contributed by atoms with Crippen molar-refractivity contribution < 1.29 is 9.84 Å². The van der Waals surface area contributed by atoms with Crippen molar-refractivity contribution in [2.24, 2.45) is 0 Å². The Kier molecular flexibility index (Phi) is 7.00. The van der Waals surface area contributed by atoms with Crippen molar-refractivity contribution in [2.45, 2.75) is 31.1 Å². The molecule has 3 rings (SSSR count). The van der Waals surface area contributed by atoms with Crippen LogP contribution in [-0.2, 0) is 13.0 Å². The summed E-state index contributed by atoms with van der Waals surface area (Å²) in [4.78, 5) is 2.23. The molecule has 0 saturated heterocycles. The lowest BCUT2D eigenvalue weighted by atomic mass is 9.97. The lowest BCUT2D eigenvalue weighted by Gasteiger charge is -2.20. The van der Waals surface area contributed by atoms with Crippen molar-refractivity contribution in [1.29, 1.82) is 0 Å². The van der Waals surface area contributed by atoms with E-state index in [0.29, 0.717) is 11.9 Å². The van der Waals surface area contributed by atoms with Crippen molar-refractivity contribution in [3.8, 4) is 5.75 Å². The molecule has 26 heavy (non-hydrogen) atoms. The number of fused-ring (bicyclic) bond motifs is 2. The van der Waals surface area contributed by atoms with Gasteiger partial charge in [-0.2, -0.15) is 0 Å². The molecule has 0 fully saturated rings. The smallest absolute Gasteiger partial charge is 0.124 e. The molecule has 1 N–H and O–H groups in total.